The predicted octanol–water partition coefficient (Wildman–Crippen LogP) is 1.60. The summed E-state index contributed by atoms with van der Waals surface area (Å²) in [5, 5.41) is 40.3. The highest BCUT2D eigenvalue weighted by molar-refractivity contribution is 6.06. The number of phenols is 4. The van der Waals surface area contributed by atoms with Crippen LogP contribution in [0.1, 0.15) is 10.4 Å². The molecule has 1 aromatic heterocycles. The number of aromatic hydroxyl groups is 4. The molecule has 24 heavy (non-hydrogen) atoms. The SMILES string of the molecule is O=C(Nc1cc(O)cc(O)c1)c1c[nH]c2cc(O)cc(O)c2c1=O. The van der Waals surface area contributed by atoms with Gasteiger partial charge in [0, 0.05) is 42.2 Å². The molecule has 3 rings (SSSR count). The fourth-order valence-electron chi connectivity index (χ4n) is 2.35. The minimum absolute atomic E-state index is 0.0897. The molecule has 0 aliphatic carbocycles. The second-order valence-corrected chi connectivity index (χ2v) is 5.11. The monoisotopic (exact) mass is 328 g/mol. The maximum absolute atomic E-state index is 12.4. The van der Waals surface area contributed by atoms with Gasteiger partial charge in [0.1, 0.15) is 28.6 Å². The van der Waals surface area contributed by atoms with Crippen LogP contribution in [0.2, 0.25) is 0 Å². The molecule has 8 heteroatoms. The number of pyridine rings is 1. The Balaban J connectivity index is 2.04. The number of carbonyl (C=O) groups is 1. The first-order valence-corrected chi connectivity index (χ1v) is 6.77. The normalized spacial score (nSPS) is 10.7. The summed E-state index contributed by atoms with van der Waals surface area (Å²) in [5.74, 6) is -2.01. The number of rotatable bonds is 2. The molecule has 8 nitrogen and oxygen atoms in total. The van der Waals surface area contributed by atoms with Gasteiger partial charge in [-0.05, 0) is 0 Å². The van der Waals surface area contributed by atoms with Crippen molar-refractivity contribution in [3.63, 3.8) is 0 Å². The van der Waals surface area contributed by atoms with Gasteiger partial charge in [-0.1, -0.05) is 0 Å². The Labute approximate surface area is 134 Å². The molecule has 0 saturated heterocycles. The van der Waals surface area contributed by atoms with Crippen molar-refractivity contribution >= 4 is 22.5 Å². The van der Waals surface area contributed by atoms with Gasteiger partial charge in [-0.15, -0.1) is 0 Å². The third-order valence-corrected chi connectivity index (χ3v) is 3.35. The van der Waals surface area contributed by atoms with Crippen LogP contribution < -0.4 is 10.7 Å². The van der Waals surface area contributed by atoms with Gasteiger partial charge in [-0.25, -0.2) is 0 Å². The standard InChI is InChI=1S/C16H12N2O6/c19-8-1-7(2-9(20)3-8)18-16(24)11-6-17-12-4-10(21)5-13(22)14(12)15(11)23/h1-6,19-22H,(H,17,23)(H,18,24). The van der Waals surface area contributed by atoms with Gasteiger partial charge in [0.25, 0.3) is 5.91 Å². The van der Waals surface area contributed by atoms with E-state index in [1.165, 1.54) is 18.2 Å². The van der Waals surface area contributed by atoms with Crippen LogP contribution in [-0.4, -0.2) is 31.3 Å². The molecule has 0 unspecified atom stereocenters. The van der Waals surface area contributed by atoms with Gasteiger partial charge in [0.05, 0.1) is 10.9 Å². The zero-order valence-electron chi connectivity index (χ0n) is 12.1. The number of amides is 1. The number of aromatic amines is 1. The van der Waals surface area contributed by atoms with Crippen LogP contribution in [0.25, 0.3) is 10.9 Å². The van der Waals surface area contributed by atoms with Crippen LogP contribution in [0.5, 0.6) is 23.0 Å². The zero-order chi connectivity index (χ0) is 17.4. The average Bonchev–Trinajstić information content (AvgIpc) is 2.45. The van der Waals surface area contributed by atoms with Crippen LogP contribution in [-0.2, 0) is 0 Å². The Morgan fingerprint density at radius 2 is 1.54 bits per heavy atom. The predicted molar refractivity (Wildman–Crippen MR) is 85.6 cm³/mol. The third kappa shape index (κ3) is 2.68. The Morgan fingerprint density at radius 3 is 2.21 bits per heavy atom. The Kier molecular flexibility index (Phi) is 3.49. The number of hydrogen-bond acceptors (Lipinski definition) is 6. The van der Waals surface area contributed by atoms with Crippen molar-refractivity contribution in [2.75, 3.05) is 5.32 Å². The van der Waals surface area contributed by atoms with Gasteiger partial charge in [-0.3, -0.25) is 9.59 Å². The van der Waals surface area contributed by atoms with Crippen LogP contribution in [0.3, 0.4) is 0 Å². The summed E-state index contributed by atoms with van der Waals surface area (Å²) in [5.41, 5.74) is -0.759. The first-order chi connectivity index (χ1) is 11.3. The average molecular weight is 328 g/mol. The van der Waals surface area contributed by atoms with E-state index in [0.717, 1.165) is 18.3 Å². The highest BCUT2D eigenvalue weighted by Crippen LogP contribution is 2.27. The van der Waals surface area contributed by atoms with Crippen LogP contribution in [0.4, 0.5) is 5.69 Å². The second kappa shape index (κ2) is 5.51. The van der Waals surface area contributed by atoms with E-state index in [1.807, 2.05) is 0 Å². The number of anilines is 1. The maximum atomic E-state index is 12.4. The summed E-state index contributed by atoms with van der Waals surface area (Å²) in [6.07, 6.45) is 1.14. The molecule has 1 amide bonds. The summed E-state index contributed by atoms with van der Waals surface area (Å²) in [6.45, 7) is 0. The van der Waals surface area contributed by atoms with Crippen molar-refractivity contribution in [3.05, 3.63) is 52.3 Å². The summed E-state index contributed by atoms with van der Waals surface area (Å²) >= 11 is 0. The lowest BCUT2D eigenvalue weighted by Gasteiger charge is -2.08. The Hall–Kier alpha value is -3.68. The molecular weight excluding hydrogens is 316 g/mol. The van der Waals surface area contributed by atoms with Gasteiger partial charge in [0.2, 0.25) is 5.43 Å². The summed E-state index contributed by atoms with van der Waals surface area (Å²) < 4.78 is 0. The van der Waals surface area contributed by atoms with Gasteiger partial charge in [0.15, 0.2) is 0 Å². The second-order valence-electron chi connectivity index (χ2n) is 5.11. The molecule has 2 aromatic carbocycles. The largest absolute Gasteiger partial charge is 0.508 e. The molecule has 0 bridgehead atoms. The van der Waals surface area contributed by atoms with E-state index < -0.39 is 17.1 Å². The van der Waals surface area contributed by atoms with E-state index in [4.69, 9.17) is 0 Å². The number of H-pyrrole nitrogens is 1. The van der Waals surface area contributed by atoms with Crippen LogP contribution in [0.15, 0.2) is 41.3 Å². The molecule has 0 atom stereocenters. The molecule has 6 N–H and O–H groups in total. The van der Waals surface area contributed by atoms with Gasteiger partial charge in [-0.2, -0.15) is 0 Å². The molecule has 0 aliphatic rings. The molecule has 0 saturated carbocycles. The maximum Gasteiger partial charge on any atom is 0.261 e. The van der Waals surface area contributed by atoms with Crippen molar-refractivity contribution < 1.29 is 25.2 Å². The third-order valence-electron chi connectivity index (χ3n) is 3.35. The molecule has 122 valence electrons. The number of aromatic nitrogens is 1. The summed E-state index contributed by atoms with van der Waals surface area (Å²) in [6, 6.07) is 5.71. The number of carbonyl (C=O) groups excluding carboxylic acids is 1. The van der Waals surface area contributed by atoms with Crippen molar-refractivity contribution in [3.8, 4) is 23.0 Å². The molecule has 0 aliphatic heterocycles. The number of phenolic OH excluding ortho intramolecular Hbond substituents is 4. The number of nitrogens with one attached hydrogen (secondary N) is 2. The smallest absolute Gasteiger partial charge is 0.261 e. The quantitative estimate of drug-likeness (QED) is 0.422. The minimum Gasteiger partial charge on any atom is -0.508 e. The van der Waals surface area contributed by atoms with Gasteiger partial charge < -0.3 is 30.7 Å². The number of hydrogen-bond donors (Lipinski definition) is 6. The van der Waals surface area contributed by atoms with Crippen molar-refractivity contribution in [1.29, 1.82) is 0 Å². The van der Waals surface area contributed by atoms with Crippen LogP contribution >= 0.6 is 0 Å². The fourth-order valence-corrected chi connectivity index (χ4v) is 2.35. The van der Waals surface area contributed by atoms with E-state index >= 15 is 0 Å². The number of benzene rings is 2. The highest BCUT2D eigenvalue weighted by Gasteiger charge is 2.16. The minimum atomic E-state index is -0.796. The van der Waals surface area contributed by atoms with E-state index in [-0.39, 0.29) is 39.4 Å². The molecule has 3 aromatic rings. The van der Waals surface area contributed by atoms with E-state index in [2.05, 4.69) is 10.3 Å². The van der Waals surface area contributed by atoms with Gasteiger partial charge >= 0.3 is 0 Å². The summed E-state index contributed by atoms with van der Waals surface area (Å²) in [4.78, 5) is 27.3. The lowest BCUT2D eigenvalue weighted by molar-refractivity contribution is 0.102. The first-order valence-electron chi connectivity index (χ1n) is 6.77. The van der Waals surface area contributed by atoms with Crippen molar-refractivity contribution in [2.24, 2.45) is 0 Å². The highest BCUT2D eigenvalue weighted by atomic mass is 16.3. The lowest BCUT2D eigenvalue weighted by Crippen LogP contribution is -2.22. The first kappa shape index (κ1) is 15.2. The van der Waals surface area contributed by atoms with Crippen molar-refractivity contribution in [1.82, 2.24) is 4.98 Å². The summed E-state index contributed by atoms with van der Waals surface area (Å²) in [7, 11) is 0. The Bertz CT molecular complexity index is 1000. The fraction of sp³-hybridized carbons (Fsp3) is 0. The lowest BCUT2D eigenvalue weighted by atomic mass is 10.1. The molecular formula is C16H12N2O6. The Morgan fingerprint density at radius 1 is 0.917 bits per heavy atom. The van der Waals surface area contributed by atoms with E-state index in [0.29, 0.717) is 0 Å². The number of fused-ring (bicyclic) bond motifs is 1. The van der Waals surface area contributed by atoms with E-state index in [9.17, 15) is 30.0 Å². The molecule has 1 heterocycles. The topological polar surface area (TPSA) is 143 Å². The van der Waals surface area contributed by atoms with Crippen molar-refractivity contribution in [2.45, 2.75) is 0 Å². The molecule has 0 spiro atoms. The van der Waals surface area contributed by atoms with E-state index in [1.54, 1.807) is 0 Å². The zero-order valence-corrected chi connectivity index (χ0v) is 12.1. The van der Waals surface area contributed by atoms with Crippen LogP contribution in [0, 0.1) is 0 Å². The molecule has 0 radical (unpaired) electrons. The molecule has 0 fully saturated rings.